The predicted molar refractivity (Wildman–Crippen MR) is 75.2 cm³/mol. The third-order valence-corrected chi connectivity index (χ3v) is 5.28. The topological polar surface area (TPSA) is 113 Å². The number of carboxylic acids is 1. The van der Waals surface area contributed by atoms with Gasteiger partial charge >= 0.3 is 5.97 Å². The molecule has 0 bridgehead atoms. The van der Waals surface area contributed by atoms with Crippen molar-refractivity contribution in [2.24, 2.45) is 0 Å². The molecule has 0 aliphatic carbocycles. The van der Waals surface area contributed by atoms with Crippen LogP contribution < -0.4 is 5.32 Å². The van der Waals surface area contributed by atoms with E-state index in [1.165, 1.54) is 13.8 Å². The molecule has 1 aliphatic rings. The normalized spacial score (nSPS) is 20.4. The molecule has 0 saturated carbocycles. The van der Waals surface area contributed by atoms with Gasteiger partial charge in [-0.25, -0.2) is 8.42 Å². The lowest BCUT2D eigenvalue weighted by Gasteiger charge is -2.26. The zero-order chi connectivity index (χ0) is 16.0. The number of nitrogens with one attached hydrogen (secondary N) is 1. The maximum absolute atomic E-state index is 12.4. The van der Waals surface area contributed by atoms with Gasteiger partial charge in [0.15, 0.2) is 0 Å². The zero-order valence-corrected chi connectivity index (χ0v) is 13.1. The number of ether oxygens (including phenoxy) is 1. The summed E-state index contributed by atoms with van der Waals surface area (Å²) >= 11 is 0. The van der Waals surface area contributed by atoms with Crippen molar-refractivity contribution >= 4 is 21.9 Å². The number of carbonyl (C=O) groups excluding carboxylic acids is 1. The lowest BCUT2D eigenvalue weighted by molar-refractivity contribution is -0.140. The summed E-state index contributed by atoms with van der Waals surface area (Å²) in [6.07, 6.45) is 1.07. The van der Waals surface area contributed by atoms with Gasteiger partial charge in [0.05, 0.1) is 11.9 Å². The van der Waals surface area contributed by atoms with Gasteiger partial charge in [-0.15, -0.1) is 0 Å². The van der Waals surface area contributed by atoms with E-state index < -0.39 is 22.0 Å². The molecule has 0 aromatic rings. The van der Waals surface area contributed by atoms with Crippen molar-refractivity contribution in [3.05, 3.63) is 0 Å². The first kappa shape index (κ1) is 17.9. The molecule has 1 fully saturated rings. The third kappa shape index (κ3) is 5.60. The number of amides is 1. The van der Waals surface area contributed by atoms with E-state index >= 15 is 0 Å². The van der Waals surface area contributed by atoms with Crippen LogP contribution in [0.15, 0.2) is 0 Å². The van der Waals surface area contributed by atoms with Crippen LogP contribution in [0.1, 0.15) is 26.7 Å². The molecule has 1 heterocycles. The first-order valence-electron chi connectivity index (χ1n) is 6.82. The Morgan fingerprint density at radius 3 is 2.62 bits per heavy atom. The molecule has 1 saturated heterocycles. The number of carboxylic acid groups (broad SMARTS) is 1. The highest BCUT2D eigenvalue weighted by atomic mass is 32.2. The minimum Gasteiger partial charge on any atom is -0.480 e. The quantitative estimate of drug-likeness (QED) is 0.617. The van der Waals surface area contributed by atoms with Crippen molar-refractivity contribution in [3.8, 4) is 0 Å². The Morgan fingerprint density at radius 2 is 2.14 bits per heavy atom. The number of carbonyl (C=O) groups is 2. The molecule has 1 rings (SSSR count). The Bertz CT molecular complexity index is 472. The number of rotatable bonds is 8. The molecule has 1 aliphatic heterocycles. The van der Waals surface area contributed by atoms with E-state index in [2.05, 4.69) is 5.32 Å². The van der Waals surface area contributed by atoms with E-state index in [9.17, 15) is 18.0 Å². The van der Waals surface area contributed by atoms with E-state index in [1.54, 1.807) is 0 Å². The van der Waals surface area contributed by atoms with E-state index in [4.69, 9.17) is 9.84 Å². The number of hydrogen-bond acceptors (Lipinski definition) is 5. The molecule has 0 spiro atoms. The standard InChI is InChI=1S/C12H22N2O6S/c1-9(12(16)17)14(6-5-13-10(2)15)21(18,19)8-11-4-3-7-20-11/h9,11H,3-8H2,1-2H3,(H,13,15)(H,16,17). The smallest absolute Gasteiger partial charge is 0.321 e. The second-order valence-corrected chi connectivity index (χ2v) is 6.99. The van der Waals surface area contributed by atoms with Gasteiger partial charge in [-0.1, -0.05) is 0 Å². The average Bonchev–Trinajstić information content (AvgIpc) is 2.85. The predicted octanol–water partition coefficient (Wildman–Crippen LogP) is -0.594. The molecular weight excluding hydrogens is 300 g/mol. The molecule has 2 unspecified atom stereocenters. The Balaban J connectivity index is 2.76. The van der Waals surface area contributed by atoms with Gasteiger partial charge in [-0.2, -0.15) is 4.31 Å². The molecule has 0 radical (unpaired) electrons. The van der Waals surface area contributed by atoms with Crippen LogP contribution in [0.4, 0.5) is 0 Å². The number of aliphatic carboxylic acids is 1. The summed E-state index contributed by atoms with van der Waals surface area (Å²) in [7, 11) is -3.77. The van der Waals surface area contributed by atoms with E-state index in [1.807, 2.05) is 0 Å². The first-order valence-corrected chi connectivity index (χ1v) is 8.43. The molecule has 9 heteroatoms. The Hall–Kier alpha value is -1.19. The van der Waals surface area contributed by atoms with Crippen molar-refractivity contribution in [1.82, 2.24) is 9.62 Å². The van der Waals surface area contributed by atoms with Gasteiger partial charge in [0, 0.05) is 26.6 Å². The molecule has 0 aromatic carbocycles. The average molecular weight is 322 g/mol. The largest absolute Gasteiger partial charge is 0.480 e. The van der Waals surface area contributed by atoms with Crippen LogP contribution in [0.5, 0.6) is 0 Å². The molecule has 8 nitrogen and oxygen atoms in total. The molecule has 1 amide bonds. The molecular formula is C12H22N2O6S. The van der Waals surface area contributed by atoms with Gasteiger partial charge in [-0.05, 0) is 19.8 Å². The number of hydrogen-bond donors (Lipinski definition) is 2. The van der Waals surface area contributed by atoms with Crippen LogP contribution in [0.2, 0.25) is 0 Å². The molecule has 0 aromatic heterocycles. The van der Waals surface area contributed by atoms with Crippen LogP contribution in [0.3, 0.4) is 0 Å². The van der Waals surface area contributed by atoms with Crippen LogP contribution in [0, 0.1) is 0 Å². The van der Waals surface area contributed by atoms with Gasteiger partial charge in [0.2, 0.25) is 15.9 Å². The Kier molecular flexibility index (Phi) is 6.56. The summed E-state index contributed by atoms with van der Waals surface area (Å²) in [6, 6.07) is -1.19. The van der Waals surface area contributed by atoms with Gasteiger partial charge < -0.3 is 15.2 Å². The van der Waals surface area contributed by atoms with Gasteiger partial charge in [0.25, 0.3) is 0 Å². The minimum absolute atomic E-state index is 0.0672. The van der Waals surface area contributed by atoms with Crippen molar-refractivity contribution in [1.29, 1.82) is 0 Å². The molecule has 2 atom stereocenters. The second kappa shape index (κ2) is 7.71. The van der Waals surface area contributed by atoms with Crippen molar-refractivity contribution in [2.75, 3.05) is 25.4 Å². The van der Waals surface area contributed by atoms with Crippen LogP contribution >= 0.6 is 0 Å². The van der Waals surface area contributed by atoms with Crippen LogP contribution in [-0.2, 0) is 24.3 Å². The summed E-state index contributed by atoms with van der Waals surface area (Å²) in [5.41, 5.74) is 0. The Morgan fingerprint density at radius 1 is 1.48 bits per heavy atom. The minimum atomic E-state index is -3.77. The monoisotopic (exact) mass is 322 g/mol. The highest BCUT2D eigenvalue weighted by Crippen LogP contribution is 2.17. The van der Waals surface area contributed by atoms with Crippen molar-refractivity contribution < 1.29 is 27.9 Å². The molecule has 2 N–H and O–H groups in total. The van der Waals surface area contributed by atoms with E-state index in [-0.39, 0.29) is 30.9 Å². The summed E-state index contributed by atoms with van der Waals surface area (Å²) in [4.78, 5) is 21.9. The maximum atomic E-state index is 12.4. The van der Waals surface area contributed by atoms with Gasteiger partial charge in [-0.3, -0.25) is 9.59 Å². The number of sulfonamides is 1. The molecule has 21 heavy (non-hydrogen) atoms. The summed E-state index contributed by atoms with van der Waals surface area (Å²) in [5.74, 6) is -1.76. The third-order valence-electron chi connectivity index (χ3n) is 3.27. The van der Waals surface area contributed by atoms with Crippen molar-refractivity contribution in [2.45, 2.75) is 38.8 Å². The first-order chi connectivity index (χ1) is 9.74. The fourth-order valence-electron chi connectivity index (χ4n) is 2.15. The fourth-order valence-corrected chi connectivity index (χ4v) is 4.01. The lowest BCUT2D eigenvalue weighted by atomic mass is 10.3. The highest BCUT2D eigenvalue weighted by molar-refractivity contribution is 7.89. The lowest BCUT2D eigenvalue weighted by Crippen LogP contribution is -2.48. The maximum Gasteiger partial charge on any atom is 0.321 e. The highest BCUT2D eigenvalue weighted by Gasteiger charge is 2.34. The molecule has 122 valence electrons. The van der Waals surface area contributed by atoms with E-state index in [0.717, 1.165) is 10.7 Å². The zero-order valence-electron chi connectivity index (χ0n) is 12.2. The summed E-state index contributed by atoms with van der Waals surface area (Å²) in [6.45, 7) is 3.13. The summed E-state index contributed by atoms with van der Waals surface area (Å²) < 4.78 is 31.0. The van der Waals surface area contributed by atoms with Crippen molar-refractivity contribution in [3.63, 3.8) is 0 Å². The van der Waals surface area contributed by atoms with Crippen LogP contribution in [-0.4, -0.2) is 67.3 Å². The second-order valence-electron chi connectivity index (χ2n) is 5.02. The fraction of sp³-hybridized carbons (Fsp3) is 0.833. The van der Waals surface area contributed by atoms with Crippen LogP contribution in [0.25, 0.3) is 0 Å². The van der Waals surface area contributed by atoms with Gasteiger partial charge in [0.1, 0.15) is 6.04 Å². The van der Waals surface area contributed by atoms with E-state index in [0.29, 0.717) is 13.0 Å². The Labute approximate surface area is 124 Å². The SMILES string of the molecule is CC(=O)NCCN(C(C)C(=O)O)S(=O)(=O)CC1CCCO1. The number of nitrogens with zero attached hydrogens (tertiary/aromatic N) is 1. The summed E-state index contributed by atoms with van der Waals surface area (Å²) in [5, 5.41) is 11.5.